The number of benzene rings is 2. The number of hydrogen-bond donors (Lipinski definition) is 1. The lowest BCUT2D eigenvalue weighted by Crippen LogP contribution is -2.11. The van der Waals surface area contributed by atoms with Gasteiger partial charge in [-0.05, 0) is 29.8 Å². The van der Waals surface area contributed by atoms with E-state index in [-0.39, 0.29) is 11.7 Å². The van der Waals surface area contributed by atoms with E-state index in [4.69, 9.17) is 11.6 Å². The van der Waals surface area contributed by atoms with Gasteiger partial charge in [0.25, 0.3) is 0 Å². The standard InChI is InChI=1S/C15H12ClFOS/c16-13-6-5-9(17)7-11(13)15(18)12-8-19-14-4-2-1-3-10(12)14/h1-7,12,15,18H,8H2. The number of hydrogen-bond acceptors (Lipinski definition) is 2. The molecule has 0 amide bonds. The molecule has 0 radical (unpaired) electrons. The first-order valence-corrected chi connectivity index (χ1v) is 7.38. The van der Waals surface area contributed by atoms with Crippen LogP contribution in [0.4, 0.5) is 4.39 Å². The fourth-order valence-electron chi connectivity index (χ4n) is 2.41. The first-order chi connectivity index (χ1) is 9.16. The lowest BCUT2D eigenvalue weighted by Gasteiger charge is -2.20. The van der Waals surface area contributed by atoms with Crippen LogP contribution in [-0.4, -0.2) is 10.9 Å². The van der Waals surface area contributed by atoms with Gasteiger partial charge < -0.3 is 5.11 Å². The molecule has 0 aromatic heterocycles. The fraction of sp³-hybridized carbons (Fsp3) is 0.200. The van der Waals surface area contributed by atoms with Crippen molar-refractivity contribution in [1.29, 1.82) is 0 Å². The summed E-state index contributed by atoms with van der Waals surface area (Å²) in [6.07, 6.45) is -0.778. The lowest BCUT2D eigenvalue weighted by atomic mass is 9.91. The van der Waals surface area contributed by atoms with Crippen LogP contribution in [-0.2, 0) is 0 Å². The average molecular weight is 295 g/mol. The van der Waals surface area contributed by atoms with Crippen molar-refractivity contribution in [3.05, 3.63) is 64.4 Å². The highest BCUT2D eigenvalue weighted by atomic mass is 35.5. The monoisotopic (exact) mass is 294 g/mol. The maximum Gasteiger partial charge on any atom is 0.123 e. The molecule has 0 saturated heterocycles. The van der Waals surface area contributed by atoms with E-state index in [0.717, 1.165) is 11.3 Å². The molecule has 0 fully saturated rings. The van der Waals surface area contributed by atoms with Gasteiger partial charge in [-0.2, -0.15) is 0 Å². The molecule has 19 heavy (non-hydrogen) atoms. The Hall–Kier alpha value is -1.03. The topological polar surface area (TPSA) is 20.2 Å². The van der Waals surface area contributed by atoms with E-state index in [1.165, 1.54) is 23.1 Å². The van der Waals surface area contributed by atoms with Crippen LogP contribution in [0.3, 0.4) is 0 Å². The maximum absolute atomic E-state index is 13.3. The van der Waals surface area contributed by atoms with Crippen molar-refractivity contribution in [2.45, 2.75) is 16.9 Å². The van der Waals surface area contributed by atoms with Gasteiger partial charge in [0.05, 0.1) is 6.10 Å². The molecule has 2 unspecified atom stereocenters. The Balaban J connectivity index is 1.97. The van der Waals surface area contributed by atoms with Crippen LogP contribution < -0.4 is 0 Å². The van der Waals surface area contributed by atoms with Crippen molar-refractivity contribution < 1.29 is 9.50 Å². The predicted octanol–water partition coefficient (Wildman–Crippen LogP) is 4.40. The second-order valence-corrected chi connectivity index (χ2v) is 6.04. The smallest absolute Gasteiger partial charge is 0.123 e. The van der Waals surface area contributed by atoms with E-state index >= 15 is 0 Å². The van der Waals surface area contributed by atoms with Crippen LogP contribution in [0.5, 0.6) is 0 Å². The van der Waals surface area contributed by atoms with E-state index in [0.29, 0.717) is 10.6 Å². The minimum atomic E-state index is -0.778. The molecule has 0 saturated carbocycles. The predicted molar refractivity (Wildman–Crippen MR) is 76.3 cm³/mol. The third kappa shape index (κ3) is 2.38. The summed E-state index contributed by atoms with van der Waals surface area (Å²) in [4.78, 5) is 1.18. The summed E-state index contributed by atoms with van der Waals surface area (Å²) in [7, 11) is 0. The van der Waals surface area contributed by atoms with Gasteiger partial charge in [-0.3, -0.25) is 0 Å². The molecular formula is C15H12ClFOS. The Bertz CT molecular complexity index is 617. The summed E-state index contributed by atoms with van der Waals surface area (Å²) in [6.45, 7) is 0. The number of rotatable bonds is 2. The van der Waals surface area contributed by atoms with Gasteiger partial charge in [-0.15, -0.1) is 11.8 Å². The molecule has 0 bridgehead atoms. The third-order valence-corrected chi connectivity index (χ3v) is 4.95. The number of aliphatic hydroxyl groups is 1. The van der Waals surface area contributed by atoms with Crippen LogP contribution in [0.25, 0.3) is 0 Å². The van der Waals surface area contributed by atoms with Crippen LogP contribution in [0.15, 0.2) is 47.4 Å². The Morgan fingerprint density at radius 3 is 2.89 bits per heavy atom. The highest BCUT2D eigenvalue weighted by Crippen LogP contribution is 2.46. The van der Waals surface area contributed by atoms with Gasteiger partial charge >= 0.3 is 0 Å². The van der Waals surface area contributed by atoms with Crippen molar-refractivity contribution >= 4 is 23.4 Å². The van der Waals surface area contributed by atoms with Crippen LogP contribution in [0.2, 0.25) is 5.02 Å². The first kappa shape index (κ1) is 13.0. The second-order valence-electron chi connectivity index (χ2n) is 4.57. The van der Waals surface area contributed by atoms with Crippen molar-refractivity contribution in [3.8, 4) is 0 Å². The third-order valence-electron chi connectivity index (χ3n) is 3.39. The highest BCUT2D eigenvalue weighted by molar-refractivity contribution is 7.99. The molecule has 1 heterocycles. The van der Waals surface area contributed by atoms with Crippen molar-refractivity contribution in [3.63, 3.8) is 0 Å². The number of halogens is 2. The van der Waals surface area contributed by atoms with Crippen molar-refractivity contribution in [2.75, 3.05) is 5.75 Å². The Morgan fingerprint density at radius 1 is 1.26 bits per heavy atom. The number of thioether (sulfide) groups is 1. The quantitative estimate of drug-likeness (QED) is 0.886. The van der Waals surface area contributed by atoms with Crippen molar-refractivity contribution in [1.82, 2.24) is 0 Å². The zero-order chi connectivity index (χ0) is 13.4. The molecule has 2 atom stereocenters. The van der Waals surface area contributed by atoms with Crippen LogP contribution in [0.1, 0.15) is 23.1 Å². The molecule has 0 spiro atoms. The molecule has 0 aliphatic carbocycles. The van der Waals surface area contributed by atoms with Crippen LogP contribution in [0, 0.1) is 5.82 Å². The molecule has 2 aromatic carbocycles. The summed E-state index contributed by atoms with van der Waals surface area (Å²) in [5.41, 5.74) is 1.57. The number of aliphatic hydroxyl groups excluding tert-OH is 1. The van der Waals surface area contributed by atoms with Crippen LogP contribution >= 0.6 is 23.4 Å². The zero-order valence-electron chi connectivity index (χ0n) is 10.0. The molecule has 1 N–H and O–H groups in total. The SMILES string of the molecule is OC(c1cc(F)ccc1Cl)C1CSc2ccccc21. The van der Waals surface area contributed by atoms with Gasteiger partial charge in [-0.1, -0.05) is 29.8 Å². The highest BCUT2D eigenvalue weighted by Gasteiger charge is 2.31. The average Bonchev–Trinajstić information content (AvgIpc) is 2.84. The molecule has 4 heteroatoms. The minimum absolute atomic E-state index is 0.0412. The largest absolute Gasteiger partial charge is 0.388 e. The van der Waals surface area contributed by atoms with E-state index in [1.807, 2.05) is 24.3 Å². The summed E-state index contributed by atoms with van der Waals surface area (Å²) >= 11 is 7.78. The molecular weight excluding hydrogens is 283 g/mol. The first-order valence-electron chi connectivity index (χ1n) is 6.01. The number of fused-ring (bicyclic) bond motifs is 1. The molecule has 1 aliphatic heterocycles. The second kappa shape index (κ2) is 5.16. The van der Waals surface area contributed by atoms with E-state index < -0.39 is 6.10 Å². The van der Waals surface area contributed by atoms with Gasteiger partial charge in [-0.25, -0.2) is 4.39 Å². The van der Waals surface area contributed by atoms with E-state index in [9.17, 15) is 9.50 Å². The van der Waals surface area contributed by atoms with Crippen molar-refractivity contribution in [2.24, 2.45) is 0 Å². The summed E-state index contributed by atoms with van der Waals surface area (Å²) in [5.74, 6) is 0.366. The summed E-state index contributed by atoms with van der Waals surface area (Å²) in [6, 6.07) is 12.1. The van der Waals surface area contributed by atoms with E-state index in [1.54, 1.807) is 11.8 Å². The summed E-state index contributed by atoms with van der Waals surface area (Å²) in [5, 5.41) is 10.9. The summed E-state index contributed by atoms with van der Waals surface area (Å²) < 4.78 is 13.3. The van der Waals surface area contributed by atoms with E-state index in [2.05, 4.69) is 0 Å². The molecule has 3 rings (SSSR count). The van der Waals surface area contributed by atoms with Gasteiger partial charge in [0, 0.05) is 27.2 Å². The molecule has 1 aliphatic rings. The lowest BCUT2D eigenvalue weighted by molar-refractivity contribution is 0.153. The fourth-order valence-corrected chi connectivity index (χ4v) is 3.92. The normalized spacial score (nSPS) is 19.2. The van der Waals surface area contributed by atoms with Gasteiger partial charge in [0.2, 0.25) is 0 Å². The Kier molecular flexibility index (Phi) is 3.52. The van der Waals surface area contributed by atoms with Gasteiger partial charge in [0.15, 0.2) is 0 Å². The molecule has 2 aromatic rings. The molecule has 98 valence electrons. The molecule has 1 nitrogen and oxygen atoms in total. The Morgan fingerprint density at radius 2 is 2.05 bits per heavy atom. The maximum atomic E-state index is 13.3. The van der Waals surface area contributed by atoms with Gasteiger partial charge in [0.1, 0.15) is 5.82 Å². The minimum Gasteiger partial charge on any atom is -0.388 e. The zero-order valence-corrected chi connectivity index (χ0v) is 11.6. The Labute approximate surface area is 120 Å².